The fraction of sp³-hybridized carbons (Fsp3) is 0.100. The molecule has 4 rings (SSSR count). The van der Waals surface area contributed by atoms with Crippen molar-refractivity contribution in [2.24, 2.45) is 4.99 Å². The molecule has 0 bridgehead atoms. The van der Waals surface area contributed by atoms with E-state index in [9.17, 15) is 4.79 Å². The normalized spacial score (nSPS) is 20.8. The summed E-state index contributed by atoms with van der Waals surface area (Å²) in [5, 5.41) is 0. The molecule has 0 fully saturated rings. The number of rotatable bonds is 2. The topological polar surface area (TPSA) is 47.9 Å². The van der Waals surface area contributed by atoms with Crippen LogP contribution >= 0.6 is 0 Å². The van der Waals surface area contributed by atoms with Crippen molar-refractivity contribution in [3.8, 4) is 5.75 Å². The molecule has 1 atom stereocenters. The van der Waals surface area contributed by atoms with Crippen LogP contribution in [0, 0.1) is 0 Å². The van der Waals surface area contributed by atoms with E-state index < -0.39 is 5.97 Å². The third kappa shape index (κ3) is 2.63. The zero-order valence-corrected chi connectivity index (χ0v) is 13.1. The summed E-state index contributed by atoms with van der Waals surface area (Å²) in [6.07, 6.45) is 3.59. The summed E-state index contributed by atoms with van der Waals surface area (Å²) in [7, 11) is 0. The molecule has 4 nitrogen and oxygen atoms in total. The van der Waals surface area contributed by atoms with Crippen molar-refractivity contribution in [3.63, 3.8) is 0 Å². The Morgan fingerprint density at radius 3 is 2.62 bits per heavy atom. The van der Waals surface area contributed by atoms with Gasteiger partial charge in [-0.3, -0.25) is 0 Å². The molecular weight excluding hydrogens is 302 g/mol. The summed E-state index contributed by atoms with van der Waals surface area (Å²) < 4.78 is 11.2. The summed E-state index contributed by atoms with van der Waals surface area (Å²) >= 11 is 0. The van der Waals surface area contributed by atoms with Crippen molar-refractivity contribution in [2.45, 2.75) is 13.0 Å². The van der Waals surface area contributed by atoms with Crippen molar-refractivity contribution in [2.75, 3.05) is 0 Å². The Labute approximate surface area is 139 Å². The number of aliphatic imine (C=N–C) groups is 1. The maximum atomic E-state index is 12.1. The standard InChI is InChI=1S/C20H15NO3/c1-13-16(11-15-9-5-6-10-18(15)23-13)12-17-20(22)24-19(21-17)14-7-3-2-4-8-14/h2-13H,1H3/b17-12-/t13-/m1/s1. The molecule has 0 aliphatic carbocycles. The molecule has 0 N–H and O–H groups in total. The number of nitrogens with zero attached hydrogens (tertiary/aromatic N) is 1. The van der Waals surface area contributed by atoms with E-state index in [1.807, 2.05) is 67.6 Å². The number of para-hydroxylation sites is 1. The van der Waals surface area contributed by atoms with Crippen LogP contribution in [0.1, 0.15) is 18.1 Å². The second-order valence-corrected chi connectivity index (χ2v) is 5.64. The van der Waals surface area contributed by atoms with Gasteiger partial charge in [0.15, 0.2) is 5.70 Å². The van der Waals surface area contributed by atoms with E-state index in [1.54, 1.807) is 6.08 Å². The minimum atomic E-state index is -0.444. The Bertz CT molecular complexity index is 894. The summed E-state index contributed by atoms with van der Waals surface area (Å²) in [5.74, 6) is 0.729. The number of esters is 1. The van der Waals surface area contributed by atoms with Crippen molar-refractivity contribution in [1.29, 1.82) is 0 Å². The van der Waals surface area contributed by atoms with Crippen molar-refractivity contribution < 1.29 is 14.3 Å². The van der Waals surface area contributed by atoms with Crippen LogP contribution in [-0.2, 0) is 9.53 Å². The van der Waals surface area contributed by atoms with Crippen LogP contribution in [0.2, 0.25) is 0 Å². The number of cyclic esters (lactones) is 1. The first-order chi connectivity index (χ1) is 11.7. The highest BCUT2D eigenvalue weighted by Crippen LogP contribution is 2.31. The average molecular weight is 317 g/mol. The first kappa shape index (κ1) is 14.5. The number of hydrogen-bond acceptors (Lipinski definition) is 4. The lowest BCUT2D eigenvalue weighted by molar-refractivity contribution is -0.130. The van der Waals surface area contributed by atoms with Gasteiger partial charge in [0.1, 0.15) is 11.9 Å². The highest BCUT2D eigenvalue weighted by molar-refractivity contribution is 6.11. The Kier molecular flexibility index (Phi) is 3.50. The maximum Gasteiger partial charge on any atom is 0.363 e. The van der Waals surface area contributed by atoms with Crippen LogP contribution in [0.25, 0.3) is 6.08 Å². The molecule has 0 spiro atoms. The van der Waals surface area contributed by atoms with E-state index in [1.165, 1.54) is 0 Å². The van der Waals surface area contributed by atoms with E-state index >= 15 is 0 Å². The van der Waals surface area contributed by atoms with Crippen LogP contribution in [0.5, 0.6) is 5.75 Å². The molecule has 2 aromatic rings. The van der Waals surface area contributed by atoms with Gasteiger partial charge in [-0.15, -0.1) is 0 Å². The summed E-state index contributed by atoms with van der Waals surface area (Å²) in [6.45, 7) is 1.95. The minimum Gasteiger partial charge on any atom is -0.485 e. The molecule has 0 saturated carbocycles. The van der Waals surface area contributed by atoms with E-state index in [0.717, 1.165) is 22.4 Å². The molecule has 2 aromatic carbocycles. The summed E-state index contributed by atoms with van der Waals surface area (Å²) in [6, 6.07) is 17.2. The van der Waals surface area contributed by atoms with Crippen LogP contribution in [0.15, 0.2) is 76.9 Å². The second kappa shape index (κ2) is 5.81. The molecule has 0 unspecified atom stereocenters. The predicted octanol–water partition coefficient (Wildman–Crippen LogP) is 3.74. The zero-order valence-electron chi connectivity index (χ0n) is 13.1. The number of benzene rings is 2. The van der Waals surface area contributed by atoms with Gasteiger partial charge < -0.3 is 9.47 Å². The predicted molar refractivity (Wildman–Crippen MR) is 91.7 cm³/mol. The smallest absolute Gasteiger partial charge is 0.363 e. The lowest BCUT2D eigenvalue weighted by Gasteiger charge is -2.22. The first-order valence-corrected chi connectivity index (χ1v) is 7.76. The highest BCUT2D eigenvalue weighted by atomic mass is 16.6. The highest BCUT2D eigenvalue weighted by Gasteiger charge is 2.26. The molecule has 2 aliphatic rings. The number of carbonyl (C=O) groups excluding carboxylic acids is 1. The van der Waals surface area contributed by atoms with Gasteiger partial charge in [0.05, 0.1) is 0 Å². The molecule has 0 radical (unpaired) electrons. The fourth-order valence-electron chi connectivity index (χ4n) is 2.69. The Hall–Kier alpha value is -3.14. The zero-order chi connectivity index (χ0) is 16.5. The largest absolute Gasteiger partial charge is 0.485 e. The fourth-order valence-corrected chi connectivity index (χ4v) is 2.69. The monoisotopic (exact) mass is 317 g/mol. The summed E-state index contributed by atoms with van der Waals surface area (Å²) in [4.78, 5) is 16.4. The van der Waals surface area contributed by atoms with Gasteiger partial charge in [-0.1, -0.05) is 36.4 Å². The van der Waals surface area contributed by atoms with Gasteiger partial charge in [0.2, 0.25) is 5.90 Å². The molecular formula is C20H15NO3. The second-order valence-electron chi connectivity index (χ2n) is 5.64. The first-order valence-electron chi connectivity index (χ1n) is 7.76. The molecule has 0 amide bonds. The molecule has 118 valence electrons. The van der Waals surface area contributed by atoms with Gasteiger partial charge in [0, 0.05) is 11.1 Å². The lowest BCUT2D eigenvalue weighted by Crippen LogP contribution is -2.18. The van der Waals surface area contributed by atoms with Crippen LogP contribution in [-0.4, -0.2) is 18.0 Å². The Morgan fingerprint density at radius 1 is 1.04 bits per heavy atom. The third-order valence-electron chi connectivity index (χ3n) is 3.96. The average Bonchev–Trinajstić information content (AvgIpc) is 2.97. The van der Waals surface area contributed by atoms with Crippen molar-refractivity contribution in [1.82, 2.24) is 0 Å². The Balaban J connectivity index is 1.69. The summed E-state index contributed by atoms with van der Waals surface area (Å²) in [5.41, 5.74) is 2.94. The van der Waals surface area contributed by atoms with Gasteiger partial charge in [0.25, 0.3) is 0 Å². The van der Waals surface area contributed by atoms with Gasteiger partial charge in [-0.05, 0) is 42.8 Å². The van der Waals surface area contributed by atoms with E-state index in [-0.39, 0.29) is 11.8 Å². The van der Waals surface area contributed by atoms with Crippen molar-refractivity contribution >= 4 is 17.9 Å². The quantitative estimate of drug-likeness (QED) is 0.626. The van der Waals surface area contributed by atoms with E-state index in [2.05, 4.69) is 4.99 Å². The van der Waals surface area contributed by atoms with Crippen LogP contribution < -0.4 is 4.74 Å². The van der Waals surface area contributed by atoms with E-state index in [0.29, 0.717) is 5.90 Å². The SMILES string of the molecule is C[C@H]1Oc2ccccc2C=C1/C=C1\N=C(c2ccccc2)OC1=O. The molecule has 0 aromatic heterocycles. The third-order valence-corrected chi connectivity index (χ3v) is 3.96. The lowest BCUT2D eigenvalue weighted by atomic mass is 10.0. The van der Waals surface area contributed by atoms with Gasteiger partial charge in [-0.25, -0.2) is 9.79 Å². The van der Waals surface area contributed by atoms with Crippen LogP contribution in [0.4, 0.5) is 0 Å². The minimum absolute atomic E-state index is 0.156. The maximum absolute atomic E-state index is 12.1. The molecule has 4 heteroatoms. The van der Waals surface area contributed by atoms with E-state index in [4.69, 9.17) is 9.47 Å². The van der Waals surface area contributed by atoms with Crippen LogP contribution in [0.3, 0.4) is 0 Å². The van der Waals surface area contributed by atoms with Gasteiger partial charge in [-0.2, -0.15) is 0 Å². The number of ether oxygens (including phenoxy) is 2. The number of hydrogen-bond donors (Lipinski definition) is 0. The van der Waals surface area contributed by atoms with Crippen molar-refractivity contribution in [3.05, 3.63) is 83.1 Å². The molecule has 2 heterocycles. The van der Waals surface area contributed by atoms with Gasteiger partial charge >= 0.3 is 5.97 Å². The Morgan fingerprint density at radius 2 is 1.79 bits per heavy atom. The number of fused-ring (bicyclic) bond motifs is 1. The molecule has 0 saturated heterocycles. The molecule has 2 aliphatic heterocycles. The number of carbonyl (C=O) groups is 1. The molecule has 24 heavy (non-hydrogen) atoms.